The van der Waals surface area contributed by atoms with Crippen molar-refractivity contribution in [1.82, 2.24) is 0 Å². The van der Waals surface area contributed by atoms with Crippen molar-refractivity contribution in [3.8, 4) is 5.75 Å². The monoisotopic (exact) mass is 370 g/mol. The Hall–Kier alpha value is -1.53. The quantitative estimate of drug-likeness (QED) is 0.586. The summed E-state index contributed by atoms with van der Waals surface area (Å²) in [5.41, 5.74) is 1.50. The first-order valence-electron chi connectivity index (χ1n) is 9.98. The molecule has 1 aromatic rings. The van der Waals surface area contributed by atoms with Crippen LogP contribution in [0.2, 0.25) is 0 Å². The van der Waals surface area contributed by atoms with Crippen molar-refractivity contribution in [2.75, 3.05) is 0 Å². The summed E-state index contributed by atoms with van der Waals surface area (Å²) in [6, 6.07) is 5.58. The van der Waals surface area contributed by atoms with Crippen LogP contribution in [-0.4, -0.2) is 30.6 Å². The molecule has 5 aliphatic rings. The van der Waals surface area contributed by atoms with E-state index in [0.29, 0.717) is 29.0 Å². The van der Waals surface area contributed by atoms with E-state index < -0.39 is 5.79 Å². The highest BCUT2D eigenvalue weighted by Crippen LogP contribution is 2.65. The number of cyclic esters (lactones) is 1. The Kier molecular flexibility index (Phi) is 3.44. The normalized spacial score (nSPS) is 37.6. The lowest BCUT2D eigenvalue weighted by Crippen LogP contribution is -2.65. The zero-order chi connectivity index (χ0) is 19.2. The average molecular weight is 370 g/mol. The van der Waals surface area contributed by atoms with Gasteiger partial charge >= 0.3 is 13.1 Å². The van der Waals surface area contributed by atoms with Gasteiger partial charge in [-0.25, -0.2) is 4.79 Å². The molecule has 3 aliphatic carbocycles. The van der Waals surface area contributed by atoms with Gasteiger partial charge in [0.2, 0.25) is 5.79 Å². The number of rotatable bonds is 2. The summed E-state index contributed by atoms with van der Waals surface area (Å²) in [5.74, 6) is 0.540. The maximum absolute atomic E-state index is 12.3. The molecule has 4 atom stereocenters. The molecule has 1 aromatic carbocycles. The predicted molar refractivity (Wildman–Crippen MR) is 100 cm³/mol. The van der Waals surface area contributed by atoms with Crippen LogP contribution in [0, 0.1) is 17.3 Å². The van der Waals surface area contributed by atoms with Gasteiger partial charge in [0.1, 0.15) is 11.3 Å². The zero-order valence-corrected chi connectivity index (χ0v) is 16.7. The van der Waals surface area contributed by atoms with Crippen LogP contribution in [0.4, 0.5) is 0 Å². The van der Waals surface area contributed by atoms with Crippen molar-refractivity contribution in [1.29, 1.82) is 0 Å². The van der Waals surface area contributed by atoms with Gasteiger partial charge in [-0.2, -0.15) is 0 Å². The van der Waals surface area contributed by atoms with E-state index in [-0.39, 0.29) is 24.8 Å². The minimum absolute atomic E-state index is 0.154. The molecule has 2 bridgehead atoms. The Morgan fingerprint density at radius 2 is 1.89 bits per heavy atom. The molecule has 2 heterocycles. The summed E-state index contributed by atoms with van der Waals surface area (Å²) in [5, 5.41) is 0. The molecule has 0 amide bonds. The highest BCUT2D eigenvalue weighted by atomic mass is 16.7. The number of hydrogen-bond donors (Lipinski definition) is 0. The molecule has 6 heteroatoms. The highest BCUT2D eigenvalue weighted by molar-refractivity contribution is 6.45. The second-order valence-electron chi connectivity index (χ2n) is 9.79. The molecular weight excluding hydrogens is 343 g/mol. The van der Waals surface area contributed by atoms with Crippen LogP contribution in [0.1, 0.15) is 63.4 Å². The lowest BCUT2D eigenvalue weighted by molar-refractivity contribution is -0.199. The maximum Gasteiger partial charge on any atom is 0.462 e. The molecular formula is C21H27BO5. The molecule has 4 fully saturated rings. The SMILES string of the molecule is CC1(C)OC(=O)c2cccc(CB3O[C@@H]4CC5C[C@@H](C5(C)C)[C@]4(C)O3)c2O1. The third-order valence-corrected chi connectivity index (χ3v) is 7.39. The Balaban J connectivity index is 1.40. The van der Waals surface area contributed by atoms with E-state index in [0.717, 1.165) is 17.9 Å². The van der Waals surface area contributed by atoms with Crippen molar-refractivity contribution >= 4 is 13.1 Å². The molecule has 0 aromatic heterocycles. The fourth-order valence-corrected chi connectivity index (χ4v) is 5.79. The molecule has 1 unspecified atom stereocenters. The first kappa shape index (κ1) is 17.6. The van der Waals surface area contributed by atoms with E-state index in [9.17, 15) is 4.79 Å². The molecule has 144 valence electrons. The summed E-state index contributed by atoms with van der Waals surface area (Å²) in [6.07, 6.45) is 3.02. The van der Waals surface area contributed by atoms with E-state index >= 15 is 0 Å². The van der Waals surface area contributed by atoms with E-state index in [2.05, 4.69) is 20.8 Å². The van der Waals surface area contributed by atoms with Gasteiger partial charge in [0.25, 0.3) is 0 Å². The minimum atomic E-state index is -0.969. The summed E-state index contributed by atoms with van der Waals surface area (Å²) in [4.78, 5) is 12.3. The van der Waals surface area contributed by atoms with Gasteiger partial charge in [-0.1, -0.05) is 26.0 Å². The molecule has 0 N–H and O–H groups in total. The summed E-state index contributed by atoms with van der Waals surface area (Å²) < 4.78 is 24.2. The Morgan fingerprint density at radius 3 is 2.63 bits per heavy atom. The van der Waals surface area contributed by atoms with Crippen LogP contribution in [-0.2, 0) is 20.4 Å². The zero-order valence-electron chi connectivity index (χ0n) is 16.7. The second kappa shape index (κ2) is 5.29. The molecule has 5 nitrogen and oxygen atoms in total. The summed E-state index contributed by atoms with van der Waals surface area (Å²) in [6.45, 7) is 10.4. The molecule has 6 rings (SSSR count). The van der Waals surface area contributed by atoms with Crippen molar-refractivity contribution in [2.45, 2.75) is 71.3 Å². The van der Waals surface area contributed by atoms with Gasteiger partial charge in [-0.05, 0) is 48.6 Å². The van der Waals surface area contributed by atoms with Gasteiger partial charge in [0.15, 0.2) is 0 Å². The number of fused-ring (bicyclic) bond motifs is 1. The standard InChI is InChI=1S/C21H27BO5/c1-19(2)13-9-15(19)21(5)16(10-13)26-22(27-21)11-12-7-6-8-14-17(12)24-20(3,4)25-18(14)23/h6-8,13,15-16H,9-11H2,1-5H3/t13?,15-,16+,21-/m0/s1. The van der Waals surface area contributed by atoms with Crippen molar-refractivity contribution < 1.29 is 23.6 Å². The first-order valence-corrected chi connectivity index (χ1v) is 9.98. The van der Waals surface area contributed by atoms with Gasteiger partial charge in [0, 0.05) is 20.2 Å². The Bertz CT molecular complexity index is 819. The van der Waals surface area contributed by atoms with Gasteiger partial charge in [0.05, 0.1) is 11.7 Å². The average Bonchev–Trinajstić information content (AvgIpc) is 2.90. The van der Waals surface area contributed by atoms with Crippen LogP contribution >= 0.6 is 0 Å². The topological polar surface area (TPSA) is 54.0 Å². The van der Waals surface area contributed by atoms with Crippen LogP contribution in [0.3, 0.4) is 0 Å². The third kappa shape index (κ3) is 2.42. The largest absolute Gasteiger partial charge is 0.462 e. The molecule has 27 heavy (non-hydrogen) atoms. The summed E-state index contributed by atoms with van der Waals surface area (Å²) in [7, 11) is -0.314. The number of para-hydroxylation sites is 1. The Morgan fingerprint density at radius 1 is 1.11 bits per heavy atom. The number of carbonyl (C=O) groups is 1. The molecule has 3 saturated carbocycles. The number of carbonyl (C=O) groups excluding carboxylic acids is 1. The fraction of sp³-hybridized carbons (Fsp3) is 0.667. The van der Waals surface area contributed by atoms with Crippen LogP contribution < -0.4 is 4.74 Å². The smallest absolute Gasteiger partial charge is 0.452 e. The second-order valence-corrected chi connectivity index (χ2v) is 9.79. The number of hydrogen-bond acceptors (Lipinski definition) is 5. The lowest BCUT2D eigenvalue weighted by atomic mass is 9.43. The lowest BCUT2D eigenvalue weighted by Gasteiger charge is -2.64. The van der Waals surface area contributed by atoms with E-state index in [4.69, 9.17) is 18.8 Å². The van der Waals surface area contributed by atoms with E-state index in [1.54, 1.807) is 19.9 Å². The molecule has 1 saturated heterocycles. The van der Waals surface area contributed by atoms with E-state index in [1.807, 2.05) is 12.1 Å². The first-order chi connectivity index (χ1) is 12.6. The third-order valence-electron chi connectivity index (χ3n) is 7.39. The minimum Gasteiger partial charge on any atom is -0.452 e. The van der Waals surface area contributed by atoms with Crippen molar-refractivity contribution in [3.05, 3.63) is 29.3 Å². The maximum atomic E-state index is 12.3. The van der Waals surface area contributed by atoms with Crippen LogP contribution in [0.25, 0.3) is 0 Å². The Labute approximate surface area is 160 Å². The molecule has 2 aliphatic heterocycles. The summed E-state index contributed by atoms with van der Waals surface area (Å²) >= 11 is 0. The fourth-order valence-electron chi connectivity index (χ4n) is 5.79. The highest BCUT2D eigenvalue weighted by Gasteiger charge is 2.67. The molecule has 0 radical (unpaired) electrons. The van der Waals surface area contributed by atoms with Crippen LogP contribution in [0.15, 0.2) is 18.2 Å². The van der Waals surface area contributed by atoms with E-state index in [1.165, 1.54) is 6.42 Å². The molecule has 0 spiro atoms. The number of ether oxygens (including phenoxy) is 2. The van der Waals surface area contributed by atoms with Crippen LogP contribution in [0.5, 0.6) is 5.75 Å². The van der Waals surface area contributed by atoms with Gasteiger partial charge in [-0.15, -0.1) is 0 Å². The van der Waals surface area contributed by atoms with Crippen molar-refractivity contribution in [2.24, 2.45) is 17.3 Å². The van der Waals surface area contributed by atoms with Crippen molar-refractivity contribution in [3.63, 3.8) is 0 Å². The number of esters is 1. The predicted octanol–water partition coefficient (Wildman–Crippen LogP) is 3.78. The van der Waals surface area contributed by atoms with Gasteiger partial charge < -0.3 is 18.8 Å². The van der Waals surface area contributed by atoms with Gasteiger partial charge in [-0.3, -0.25) is 0 Å². The number of benzene rings is 1.